The van der Waals surface area contributed by atoms with E-state index in [9.17, 15) is 9.59 Å². The number of hydrogen-bond donors (Lipinski definition) is 0. The lowest BCUT2D eigenvalue weighted by molar-refractivity contribution is -0.122. The Labute approximate surface area is 153 Å². The molecule has 26 heavy (non-hydrogen) atoms. The minimum atomic E-state index is -0.618. The molecule has 0 bridgehead atoms. The third-order valence-electron chi connectivity index (χ3n) is 3.73. The first-order valence-corrected chi connectivity index (χ1v) is 8.23. The summed E-state index contributed by atoms with van der Waals surface area (Å²) in [5.74, 6) is 0.0215. The van der Waals surface area contributed by atoms with E-state index >= 15 is 0 Å². The molecule has 138 valence electrons. The maximum Gasteiger partial charge on any atom is 0.338 e. The fourth-order valence-electron chi connectivity index (χ4n) is 2.52. The maximum absolute atomic E-state index is 12.6. The molecule has 0 N–H and O–H groups in total. The summed E-state index contributed by atoms with van der Waals surface area (Å²) in [6, 6.07) is 13.9. The number of methoxy groups -OCH3 is 2. The highest BCUT2D eigenvalue weighted by molar-refractivity contribution is 5.97. The lowest BCUT2D eigenvalue weighted by Gasteiger charge is -2.26. The van der Waals surface area contributed by atoms with Crippen molar-refractivity contribution in [2.45, 2.75) is 19.9 Å². The molecule has 0 aliphatic heterocycles. The fraction of sp³-hybridized carbons (Fsp3) is 0.300. The summed E-state index contributed by atoms with van der Waals surface area (Å²) < 4.78 is 15.5. The Balaban J connectivity index is 2.09. The third kappa shape index (κ3) is 4.75. The van der Waals surface area contributed by atoms with Gasteiger partial charge in [-0.15, -0.1) is 0 Å². The zero-order valence-electron chi connectivity index (χ0n) is 15.4. The van der Waals surface area contributed by atoms with Crippen molar-refractivity contribution in [3.63, 3.8) is 0 Å². The molecule has 0 aliphatic rings. The lowest BCUT2D eigenvalue weighted by atomic mass is 10.2. The van der Waals surface area contributed by atoms with Crippen LogP contribution in [0.4, 0.5) is 5.69 Å². The molecule has 0 radical (unpaired) electrons. The summed E-state index contributed by atoms with van der Waals surface area (Å²) in [5, 5.41) is 0. The van der Waals surface area contributed by atoms with Crippen LogP contribution in [0.5, 0.6) is 11.5 Å². The smallest absolute Gasteiger partial charge is 0.338 e. The molecule has 0 atom stereocenters. The average Bonchev–Trinajstić information content (AvgIpc) is 2.66. The van der Waals surface area contributed by atoms with E-state index in [1.54, 1.807) is 11.0 Å². The fourth-order valence-corrected chi connectivity index (χ4v) is 2.52. The number of nitrogens with zero attached hydrogens (tertiary/aromatic N) is 1. The zero-order valence-corrected chi connectivity index (χ0v) is 15.4. The molecule has 6 nitrogen and oxygen atoms in total. The Morgan fingerprint density at radius 1 is 0.962 bits per heavy atom. The Hall–Kier alpha value is -3.02. The van der Waals surface area contributed by atoms with Gasteiger partial charge in [-0.25, -0.2) is 4.79 Å². The summed E-state index contributed by atoms with van der Waals surface area (Å²) >= 11 is 0. The Morgan fingerprint density at radius 2 is 1.54 bits per heavy atom. The number of rotatable bonds is 7. The first kappa shape index (κ1) is 19.3. The van der Waals surface area contributed by atoms with E-state index in [0.717, 1.165) is 5.69 Å². The highest BCUT2D eigenvalue weighted by Crippen LogP contribution is 2.23. The molecule has 2 rings (SSSR count). The number of benzene rings is 2. The molecule has 0 unspecified atom stereocenters. The van der Waals surface area contributed by atoms with Crippen LogP contribution in [0.2, 0.25) is 0 Å². The summed E-state index contributed by atoms with van der Waals surface area (Å²) in [6.45, 7) is 3.45. The molecular formula is C20H23NO5. The highest BCUT2D eigenvalue weighted by Gasteiger charge is 2.21. The van der Waals surface area contributed by atoms with Gasteiger partial charge in [0.2, 0.25) is 0 Å². The van der Waals surface area contributed by atoms with E-state index in [0.29, 0.717) is 11.5 Å². The molecule has 0 heterocycles. The van der Waals surface area contributed by atoms with E-state index in [1.165, 1.54) is 26.4 Å². The van der Waals surface area contributed by atoms with Gasteiger partial charge in [-0.1, -0.05) is 18.2 Å². The van der Waals surface area contributed by atoms with Gasteiger partial charge in [0, 0.05) is 17.8 Å². The molecular weight excluding hydrogens is 334 g/mol. The molecule has 0 aliphatic carbocycles. The molecule has 0 spiro atoms. The molecule has 2 aromatic carbocycles. The van der Waals surface area contributed by atoms with Crippen LogP contribution >= 0.6 is 0 Å². The van der Waals surface area contributed by atoms with Crippen LogP contribution in [0.25, 0.3) is 0 Å². The van der Waals surface area contributed by atoms with E-state index < -0.39 is 5.97 Å². The Morgan fingerprint density at radius 3 is 2.04 bits per heavy atom. The summed E-state index contributed by atoms with van der Waals surface area (Å²) in [6.07, 6.45) is 0. The first-order valence-electron chi connectivity index (χ1n) is 8.23. The van der Waals surface area contributed by atoms with Crippen LogP contribution in [0.1, 0.15) is 24.2 Å². The second-order valence-corrected chi connectivity index (χ2v) is 5.87. The van der Waals surface area contributed by atoms with Crippen LogP contribution in [0, 0.1) is 0 Å². The molecule has 1 amide bonds. The summed E-state index contributed by atoms with van der Waals surface area (Å²) in [7, 11) is 2.99. The molecule has 0 fully saturated rings. The van der Waals surface area contributed by atoms with Crippen LogP contribution < -0.4 is 14.4 Å². The number of ether oxygens (including phenoxy) is 3. The molecule has 0 saturated carbocycles. The normalized spacial score (nSPS) is 10.3. The second-order valence-electron chi connectivity index (χ2n) is 5.87. The number of carbonyl (C=O) groups is 2. The van der Waals surface area contributed by atoms with Crippen molar-refractivity contribution in [1.82, 2.24) is 0 Å². The SMILES string of the molecule is COc1cc(OC)cc(C(=O)OCC(=O)N(c2ccccc2)C(C)C)c1. The highest BCUT2D eigenvalue weighted by atomic mass is 16.5. The predicted octanol–water partition coefficient (Wildman–Crippen LogP) is 3.30. The van der Waals surface area contributed by atoms with Gasteiger partial charge in [0.05, 0.1) is 19.8 Å². The van der Waals surface area contributed by atoms with Crippen molar-refractivity contribution in [1.29, 1.82) is 0 Å². The van der Waals surface area contributed by atoms with Crippen molar-refractivity contribution in [3.05, 3.63) is 54.1 Å². The van der Waals surface area contributed by atoms with Crippen molar-refractivity contribution >= 4 is 17.6 Å². The minimum Gasteiger partial charge on any atom is -0.497 e. The predicted molar refractivity (Wildman–Crippen MR) is 98.9 cm³/mol. The van der Waals surface area contributed by atoms with Crippen molar-refractivity contribution in [3.8, 4) is 11.5 Å². The van der Waals surface area contributed by atoms with Gasteiger partial charge < -0.3 is 19.1 Å². The van der Waals surface area contributed by atoms with Gasteiger partial charge in [0.1, 0.15) is 11.5 Å². The summed E-state index contributed by atoms with van der Waals surface area (Å²) in [4.78, 5) is 26.5. The number of carbonyl (C=O) groups excluding carboxylic acids is 2. The topological polar surface area (TPSA) is 65.1 Å². The van der Waals surface area contributed by atoms with Gasteiger partial charge in [0.25, 0.3) is 5.91 Å². The van der Waals surface area contributed by atoms with E-state index in [-0.39, 0.29) is 24.1 Å². The van der Waals surface area contributed by atoms with E-state index in [1.807, 2.05) is 44.2 Å². The number of para-hydroxylation sites is 1. The Bertz CT molecular complexity index is 736. The van der Waals surface area contributed by atoms with E-state index in [4.69, 9.17) is 14.2 Å². The summed E-state index contributed by atoms with van der Waals surface area (Å²) in [5.41, 5.74) is 1.01. The van der Waals surface area contributed by atoms with Gasteiger partial charge in [0.15, 0.2) is 6.61 Å². The van der Waals surface area contributed by atoms with Gasteiger partial charge >= 0.3 is 5.97 Å². The molecule has 2 aromatic rings. The van der Waals surface area contributed by atoms with Crippen LogP contribution in [-0.2, 0) is 9.53 Å². The van der Waals surface area contributed by atoms with Crippen LogP contribution in [-0.4, -0.2) is 38.7 Å². The zero-order chi connectivity index (χ0) is 19.1. The third-order valence-corrected chi connectivity index (χ3v) is 3.73. The lowest BCUT2D eigenvalue weighted by Crippen LogP contribution is -2.39. The van der Waals surface area contributed by atoms with Crippen molar-refractivity contribution in [2.75, 3.05) is 25.7 Å². The number of amides is 1. The number of esters is 1. The van der Waals surface area contributed by atoms with Gasteiger partial charge in [-0.05, 0) is 38.1 Å². The first-order chi connectivity index (χ1) is 12.5. The molecule has 0 aromatic heterocycles. The minimum absolute atomic E-state index is 0.0690. The molecule has 6 heteroatoms. The maximum atomic E-state index is 12.6. The Kier molecular flexibility index (Phi) is 6.60. The van der Waals surface area contributed by atoms with Crippen molar-refractivity contribution < 1.29 is 23.8 Å². The largest absolute Gasteiger partial charge is 0.497 e. The second kappa shape index (κ2) is 8.89. The van der Waals surface area contributed by atoms with Gasteiger partial charge in [-0.3, -0.25) is 4.79 Å². The van der Waals surface area contributed by atoms with Crippen LogP contribution in [0.15, 0.2) is 48.5 Å². The molecule has 0 saturated heterocycles. The van der Waals surface area contributed by atoms with Crippen molar-refractivity contribution in [2.24, 2.45) is 0 Å². The number of hydrogen-bond acceptors (Lipinski definition) is 5. The van der Waals surface area contributed by atoms with Crippen LogP contribution in [0.3, 0.4) is 0 Å². The quantitative estimate of drug-likeness (QED) is 0.712. The van der Waals surface area contributed by atoms with Gasteiger partial charge in [-0.2, -0.15) is 0 Å². The monoisotopic (exact) mass is 357 g/mol. The number of anilines is 1. The standard InChI is InChI=1S/C20H23NO5/c1-14(2)21(16-8-6-5-7-9-16)19(22)13-26-20(23)15-10-17(24-3)12-18(11-15)25-4/h5-12,14H,13H2,1-4H3. The van der Waals surface area contributed by atoms with E-state index in [2.05, 4.69) is 0 Å². The average molecular weight is 357 g/mol.